The summed E-state index contributed by atoms with van der Waals surface area (Å²) in [6.07, 6.45) is -4.39. The highest BCUT2D eigenvalue weighted by Gasteiger charge is 2.28. The summed E-state index contributed by atoms with van der Waals surface area (Å²) < 4.78 is 35.3. The van der Waals surface area contributed by atoms with E-state index in [1.165, 1.54) is 6.20 Å². The van der Waals surface area contributed by atoms with E-state index in [9.17, 15) is 18.0 Å². The quantitative estimate of drug-likeness (QED) is 0.737. The maximum atomic E-state index is 11.8. The van der Waals surface area contributed by atoms with Gasteiger partial charge >= 0.3 is 6.18 Å². The highest BCUT2D eigenvalue weighted by Crippen LogP contribution is 2.23. The van der Waals surface area contributed by atoms with Gasteiger partial charge in [0.05, 0.1) is 6.42 Å². The van der Waals surface area contributed by atoms with Crippen molar-refractivity contribution in [3.05, 3.63) is 16.1 Å². The minimum absolute atomic E-state index is 0.159. The van der Waals surface area contributed by atoms with Gasteiger partial charge in [-0.1, -0.05) is 0 Å². The van der Waals surface area contributed by atoms with Crippen molar-refractivity contribution in [2.75, 3.05) is 0 Å². The fourth-order valence-corrected chi connectivity index (χ4v) is 1.58. The molecular weight excluding hydrogens is 215 g/mol. The molecule has 14 heavy (non-hydrogen) atoms. The SMILES string of the molecule is Cc1cnc(C(=O)CCC(F)(F)F)s1. The highest BCUT2D eigenvalue weighted by atomic mass is 32.1. The lowest BCUT2D eigenvalue weighted by Gasteiger charge is -2.03. The largest absolute Gasteiger partial charge is 0.389 e. The Morgan fingerprint density at radius 2 is 2.21 bits per heavy atom. The summed E-state index contributed by atoms with van der Waals surface area (Å²) in [5, 5.41) is 0.159. The van der Waals surface area contributed by atoms with Gasteiger partial charge in [0.1, 0.15) is 0 Å². The van der Waals surface area contributed by atoms with Crippen LogP contribution >= 0.6 is 11.3 Å². The Bertz CT molecular complexity index is 332. The Morgan fingerprint density at radius 3 is 2.64 bits per heavy atom. The van der Waals surface area contributed by atoms with E-state index >= 15 is 0 Å². The molecule has 0 radical (unpaired) electrons. The van der Waals surface area contributed by atoms with Crippen LogP contribution in [0.1, 0.15) is 27.5 Å². The van der Waals surface area contributed by atoms with Crippen LogP contribution in [-0.4, -0.2) is 16.9 Å². The van der Waals surface area contributed by atoms with Crippen molar-refractivity contribution in [3.8, 4) is 0 Å². The summed E-state index contributed by atoms with van der Waals surface area (Å²) in [7, 11) is 0. The molecule has 0 saturated carbocycles. The smallest absolute Gasteiger partial charge is 0.292 e. The Hall–Kier alpha value is -0.910. The molecule has 0 bridgehead atoms. The predicted molar refractivity (Wildman–Crippen MR) is 46.5 cm³/mol. The van der Waals surface area contributed by atoms with E-state index in [0.717, 1.165) is 16.2 Å². The van der Waals surface area contributed by atoms with Crippen molar-refractivity contribution < 1.29 is 18.0 Å². The Labute approximate surface area is 82.8 Å². The first-order valence-electron chi connectivity index (χ1n) is 3.91. The minimum atomic E-state index is -4.28. The first kappa shape index (κ1) is 11.2. The van der Waals surface area contributed by atoms with Crippen LogP contribution in [-0.2, 0) is 0 Å². The molecule has 1 heterocycles. The Balaban J connectivity index is 2.52. The number of Topliss-reactive ketones (excluding diaryl/α,β-unsaturated/α-hetero) is 1. The summed E-state index contributed by atoms with van der Waals surface area (Å²) in [5.41, 5.74) is 0. The van der Waals surface area contributed by atoms with Gasteiger partial charge in [-0.3, -0.25) is 4.79 Å². The van der Waals surface area contributed by atoms with Gasteiger partial charge in [-0.2, -0.15) is 13.2 Å². The average molecular weight is 223 g/mol. The van der Waals surface area contributed by atoms with Crippen molar-refractivity contribution >= 4 is 17.1 Å². The first-order valence-corrected chi connectivity index (χ1v) is 4.72. The number of rotatable bonds is 3. The molecule has 0 N–H and O–H groups in total. The Kier molecular flexibility index (Phi) is 3.25. The number of ketones is 1. The van der Waals surface area contributed by atoms with Crippen molar-refractivity contribution in [2.24, 2.45) is 0 Å². The monoisotopic (exact) mass is 223 g/mol. The van der Waals surface area contributed by atoms with E-state index in [0.29, 0.717) is 0 Å². The lowest BCUT2D eigenvalue weighted by molar-refractivity contribution is -0.133. The standard InChI is InChI=1S/C8H8F3NOS/c1-5-4-12-7(14-5)6(13)2-3-8(9,10)11/h4H,2-3H2,1H3. The van der Waals surface area contributed by atoms with E-state index in [-0.39, 0.29) is 5.01 Å². The molecule has 0 aliphatic rings. The average Bonchev–Trinajstić information content (AvgIpc) is 2.46. The Morgan fingerprint density at radius 1 is 1.57 bits per heavy atom. The number of halogens is 3. The van der Waals surface area contributed by atoms with E-state index in [4.69, 9.17) is 0 Å². The molecule has 0 saturated heterocycles. The molecule has 0 atom stereocenters. The molecule has 1 aromatic rings. The fraction of sp³-hybridized carbons (Fsp3) is 0.500. The second kappa shape index (κ2) is 4.08. The summed E-state index contributed by atoms with van der Waals surface area (Å²) >= 11 is 1.12. The van der Waals surface area contributed by atoms with Crippen molar-refractivity contribution in [1.82, 2.24) is 4.98 Å². The summed E-state index contributed by atoms with van der Waals surface area (Å²) in [6, 6.07) is 0. The molecule has 1 rings (SSSR count). The van der Waals surface area contributed by atoms with E-state index < -0.39 is 24.8 Å². The van der Waals surface area contributed by atoms with Crippen LogP contribution in [0.25, 0.3) is 0 Å². The molecule has 0 fully saturated rings. The molecule has 0 aromatic carbocycles. The van der Waals surface area contributed by atoms with Gasteiger partial charge in [0.2, 0.25) is 0 Å². The molecule has 0 unspecified atom stereocenters. The number of hydrogen-bond acceptors (Lipinski definition) is 3. The lowest BCUT2D eigenvalue weighted by atomic mass is 10.2. The maximum Gasteiger partial charge on any atom is 0.389 e. The molecule has 6 heteroatoms. The normalized spacial score (nSPS) is 11.7. The highest BCUT2D eigenvalue weighted by molar-refractivity contribution is 7.13. The molecule has 2 nitrogen and oxygen atoms in total. The molecule has 1 aromatic heterocycles. The second-order valence-electron chi connectivity index (χ2n) is 2.81. The third-order valence-electron chi connectivity index (χ3n) is 1.50. The molecule has 0 aliphatic carbocycles. The molecule has 0 spiro atoms. The van der Waals surface area contributed by atoms with E-state index in [2.05, 4.69) is 4.98 Å². The molecule has 0 aliphatic heterocycles. The van der Waals surface area contributed by atoms with E-state index in [1.54, 1.807) is 6.92 Å². The maximum absolute atomic E-state index is 11.8. The number of aryl methyl sites for hydroxylation is 1. The summed E-state index contributed by atoms with van der Waals surface area (Å²) in [6.45, 7) is 1.75. The van der Waals surface area contributed by atoms with Gasteiger partial charge < -0.3 is 0 Å². The summed E-state index contributed by atoms with van der Waals surface area (Å²) in [4.78, 5) is 15.7. The van der Waals surface area contributed by atoms with Crippen LogP contribution in [0.15, 0.2) is 6.20 Å². The fourth-order valence-electron chi connectivity index (χ4n) is 0.846. The van der Waals surface area contributed by atoms with Gasteiger partial charge in [-0.05, 0) is 6.92 Å². The molecule has 78 valence electrons. The number of thiazole rings is 1. The van der Waals surface area contributed by atoms with E-state index in [1.807, 2.05) is 0 Å². The number of hydrogen-bond donors (Lipinski definition) is 0. The molecular formula is C8H8F3NOS. The number of aromatic nitrogens is 1. The zero-order valence-electron chi connectivity index (χ0n) is 7.39. The molecule has 0 amide bonds. The van der Waals surface area contributed by atoms with Gasteiger partial charge in [0.15, 0.2) is 10.8 Å². The van der Waals surface area contributed by atoms with Gasteiger partial charge in [0, 0.05) is 17.5 Å². The number of alkyl halides is 3. The predicted octanol–water partition coefficient (Wildman–Crippen LogP) is 2.98. The summed E-state index contributed by atoms with van der Waals surface area (Å²) in [5.74, 6) is -0.541. The van der Waals surface area contributed by atoms with Crippen molar-refractivity contribution in [2.45, 2.75) is 25.9 Å². The van der Waals surface area contributed by atoms with Crippen LogP contribution in [0.5, 0.6) is 0 Å². The lowest BCUT2D eigenvalue weighted by Crippen LogP contribution is -2.10. The van der Waals surface area contributed by atoms with Gasteiger partial charge in [-0.15, -0.1) is 11.3 Å². The van der Waals surface area contributed by atoms with Crippen molar-refractivity contribution in [1.29, 1.82) is 0 Å². The third kappa shape index (κ3) is 3.45. The number of nitrogens with zero attached hydrogens (tertiary/aromatic N) is 1. The van der Waals surface area contributed by atoms with Crippen LogP contribution in [0.4, 0.5) is 13.2 Å². The first-order chi connectivity index (χ1) is 6.38. The zero-order chi connectivity index (χ0) is 10.8. The van der Waals surface area contributed by atoms with Crippen molar-refractivity contribution in [3.63, 3.8) is 0 Å². The minimum Gasteiger partial charge on any atom is -0.292 e. The third-order valence-corrected chi connectivity index (χ3v) is 2.45. The van der Waals surface area contributed by atoms with Crippen LogP contribution in [0.3, 0.4) is 0 Å². The number of carbonyl (C=O) groups excluding carboxylic acids is 1. The zero-order valence-corrected chi connectivity index (χ0v) is 8.21. The topological polar surface area (TPSA) is 30.0 Å². The van der Waals surface area contributed by atoms with Gasteiger partial charge in [-0.25, -0.2) is 4.98 Å². The number of carbonyl (C=O) groups is 1. The van der Waals surface area contributed by atoms with Gasteiger partial charge in [0.25, 0.3) is 0 Å². The van der Waals surface area contributed by atoms with Crippen LogP contribution in [0.2, 0.25) is 0 Å². The second-order valence-corrected chi connectivity index (χ2v) is 4.05. The van der Waals surface area contributed by atoms with Crippen LogP contribution < -0.4 is 0 Å². The van der Waals surface area contributed by atoms with Crippen LogP contribution in [0, 0.1) is 6.92 Å².